The zero-order valence-corrected chi connectivity index (χ0v) is 28.7. The van der Waals surface area contributed by atoms with E-state index in [4.69, 9.17) is 26.2 Å². The number of nitrogens with zero attached hydrogens (tertiary/aromatic N) is 1. The van der Waals surface area contributed by atoms with E-state index >= 15 is 0 Å². The third-order valence-corrected chi connectivity index (χ3v) is 10.5. The van der Waals surface area contributed by atoms with Gasteiger partial charge in [-0.25, -0.2) is 13.1 Å². The second-order valence-corrected chi connectivity index (χ2v) is 14.7. The summed E-state index contributed by atoms with van der Waals surface area (Å²) >= 11 is 6.47. The summed E-state index contributed by atoms with van der Waals surface area (Å²) in [5, 5.41) is 62.7. The maximum absolute atomic E-state index is 13.1. The van der Waals surface area contributed by atoms with E-state index in [1.807, 2.05) is 24.3 Å². The fraction of sp³-hybridized carbons (Fsp3) is 0.471. The van der Waals surface area contributed by atoms with Gasteiger partial charge in [-0.15, -0.1) is 0 Å². The highest BCUT2D eigenvalue weighted by Gasteiger charge is 2.49. The summed E-state index contributed by atoms with van der Waals surface area (Å²) in [5.74, 6) is -0.269. The van der Waals surface area contributed by atoms with Gasteiger partial charge in [-0.05, 0) is 68.4 Å². The lowest BCUT2D eigenvalue weighted by molar-refractivity contribution is -0.606. The standard InChI is InChI=1S/C34H42ClN3O11S/c35-27-10-9-23(50(46,47)37-15-4-3-14-36-33(44)32(43)31(42)30(41)28(40)19-39)17-21(27)20-48-34(12-13-34)26-18-38(45)16-11-24(26)25-5-1-2-6-29(25)49-22-7-8-22/h1-2,5-6,9-11,16-18,22,28,30-32,37,39-43H,3-4,7-8,12-15,19-20H2,(H,36,44)/t28-,30+,31-,32-/m0/s1. The highest BCUT2D eigenvalue weighted by Crippen LogP contribution is 2.53. The van der Waals surface area contributed by atoms with Gasteiger partial charge in [-0.2, -0.15) is 4.73 Å². The van der Waals surface area contributed by atoms with Crippen molar-refractivity contribution in [1.29, 1.82) is 0 Å². The molecule has 1 heterocycles. The average molecular weight is 736 g/mol. The lowest BCUT2D eigenvalue weighted by Crippen LogP contribution is -2.51. The Kier molecular flexibility index (Phi) is 12.4. The van der Waals surface area contributed by atoms with Crippen LogP contribution >= 0.6 is 11.6 Å². The summed E-state index contributed by atoms with van der Waals surface area (Å²) < 4.78 is 42.0. The predicted octanol–water partition coefficient (Wildman–Crippen LogP) is 0.998. The maximum atomic E-state index is 13.1. The SMILES string of the molecule is O=C(NCCCCNS(=O)(=O)c1ccc(Cl)c(COC2(c3c[n+]([O-])ccc3-c3ccccc3OC3CC3)CC2)c1)[C@@H](O)[C@@H](O)[C@H](O)[C@@H](O)CO. The average Bonchev–Trinajstić information content (AvgIpc) is 4.05. The van der Waals surface area contributed by atoms with E-state index in [-0.39, 0.29) is 30.7 Å². The van der Waals surface area contributed by atoms with Crippen LogP contribution < -0.4 is 19.5 Å². The number of unbranched alkanes of at least 4 members (excludes halogenated alkanes) is 1. The van der Waals surface area contributed by atoms with Gasteiger partial charge in [-0.3, -0.25) is 4.79 Å². The molecule has 1 aromatic heterocycles. The van der Waals surface area contributed by atoms with Crippen molar-refractivity contribution in [1.82, 2.24) is 10.0 Å². The van der Waals surface area contributed by atoms with E-state index in [0.29, 0.717) is 41.8 Å². The van der Waals surface area contributed by atoms with Gasteiger partial charge in [0.1, 0.15) is 29.7 Å². The van der Waals surface area contributed by atoms with Gasteiger partial charge in [0.05, 0.1) is 29.8 Å². The molecule has 2 fully saturated rings. The largest absolute Gasteiger partial charge is 0.619 e. The zero-order valence-electron chi connectivity index (χ0n) is 27.2. The topological polar surface area (TPSA) is 222 Å². The van der Waals surface area contributed by atoms with Gasteiger partial charge in [0.25, 0.3) is 5.91 Å². The Labute approximate surface area is 294 Å². The molecule has 1 amide bonds. The van der Waals surface area contributed by atoms with Gasteiger partial charge in [0, 0.05) is 35.3 Å². The number of aromatic nitrogens is 1. The van der Waals surface area contributed by atoms with Gasteiger partial charge < -0.3 is 45.5 Å². The highest BCUT2D eigenvalue weighted by molar-refractivity contribution is 7.89. The molecule has 0 unspecified atom stereocenters. The van der Waals surface area contributed by atoms with Crippen LogP contribution in [0.2, 0.25) is 5.02 Å². The fourth-order valence-electron chi connectivity index (χ4n) is 5.42. The Hall–Kier alpha value is -3.38. The van der Waals surface area contributed by atoms with Crippen LogP contribution in [0, 0.1) is 5.21 Å². The molecule has 4 atom stereocenters. The molecule has 0 radical (unpaired) electrons. The first kappa shape index (κ1) is 37.9. The van der Waals surface area contributed by atoms with Crippen molar-refractivity contribution in [3.63, 3.8) is 0 Å². The number of rotatable bonds is 19. The minimum atomic E-state index is -3.95. The third kappa shape index (κ3) is 9.29. The number of carbonyl (C=O) groups is 1. The molecular weight excluding hydrogens is 694 g/mol. The molecule has 2 saturated carbocycles. The van der Waals surface area contributed by atoms with Crippen molar-refractivity contribution in [2.75, 3.05) is 19.7 Å². The zero-order chi connectivity index (χ0) is 36.1. The summed E-state index contributed by atoms with van der Waals surface area (Å²) in [7, 11) is -3.95. The van der Waals surface area contributed by atoms with E-state index in [1.165, 1.54) is 30.6 Å². The van der Waals surface area contributed by atoms with Crippen molar-refractivity contribution >= 4 is 27.5 Å². The lowest BCUT2D eigenvalue weighted by atomic mass is 9.96. The number of benzene rings is 2. The molecular formula is C34H42ClN3O11S. The van der Waals surface area contributed by atoms with Crippen LogP contribution in [0.3, 0.4) is 0 Å². The number of pyridine rings is 1. The Balaban J connectivity index is 1.16. The number of carbonyl (C=O) groups excluding carboxylic acids is 1. The molecule has 272 valence electrons. The molecule has 5 rings (SSSR count). The van der Waals surface area contributed by atoms with E-state index in [1.54, 1.807) is 6.07 Å². The highest BCUT2D eigenvalue weighted by atomic mass is 35.5. The molecule has 0 aliphatic heterocycles. The number of aliphatic hydroxyl groups excluding tert-OH is 5. The van der Waals surface area contributed by atoms with Gasteiger partial charge in [0.15, 0.2) is 18.5 Å². The fourth-order valence-corrected chi connectivity index (χ4v) is 6.71. The molecule has 2 aliphatic rings. The molecule has 0 spiro atoms. The molecule has 0 saturated heterocycles. The first-order valence-electron chi connectivity index (χ1n) is 16.4. The minimum absolute atomic E-state index is 0.00809. The first-order chi connectivity index (χ1) is 23.8. The second-order valence-electron chi connectivity index (χ2n) is 12.6. The van der Waals surface area contributed by atoms with E-state index in [9.17, 15) is 38.8 Å². The summed E-state index contributed by atoms with van der Waals surface area (Å²) in [6.07, 6.45) is -0.695. The van der Waals surface area contributed by atoms with Crippen molar-refractivity contribution in [2.45, 2.75) is 86.1 Å². The number of nitrogens with one attached hydrogen (secondary N) is 2. The van der Waals surface area contributed by atoms with E-state index < -0.39 is 52.6 Å². The first-order valence-corrected chi connectivity index (χ1v) is 18.2. The van der Waals surface area contributed by atoms with Crippen LogP contribution in [0.25, 0.3) is 11.1 Å². The van der Waals surface area contributed by atoms with Crippen molar-refractivity contribution in [3.8, 4) is 16.9 Å². The lowest BCUT2D eigenvalue weighted by Gasteiger charge is -2.24. The van der Waals surface area contributed by atoms with Crippen LogP contribution in [-0.4, -0.2) is 90.1 Å². The summed E-state index contributed by atoms with van der Waals surface area (Å²) in [5.41, 5.74) is 2.07. The minimum Gasteiger partial charge on any atom is -0.619 e. The maximum Gasteiger partial charge on any atom is 0.251 e. The predicted molar refractivity (Wildman–Crippen MR) is 180 cm³/mol. The number of halogens is 1. The number of hydrogen-bond donors (Lipinski definition) is 7. The molecule has 16 heteroatoms. The van der Waals surface area contributed by atoms with Gasteiger partial charge >= 0.3 is 0 Å². The van der Waals surface area contributed by atoms with E-state index in [0.717, 1.165) is 34.4 Å². The quantitative estimate of drug-likeness (QED) is 0.0523. The van der Waals surface area contributed by atoms with Gasteiger partial charge in [-0.1, -0.05) is 29.8 Å². The number of sulfonamides is 1. The summed E-state index contributed by atoms with van der Waals surface area (Å²) in [6.45, 7) is -0.826. The monoisotopic (exact) mass is 735 g/mol. The van der Waals surface area contributed by atoms with Crippen molar-refractivity contribution in [3.05, 3.63) is 82.3 Å². The molecule has 3 aromatic rings. The Morgan fingerprint density at radius 3 is 2.44 bits per heavy atom. The van der Waals surface area contributed by atoms with Crippen LogP contribution in [0.4, 0.5) is 0 Å². The number of para-hydroxylation sites is 1. The Morgan fingerprint density at radius 1 is 1.02 bits per heavy atom. The Morgan fingerprint density at radius 2 is 1.74 bits per heavy atom. The van der Waals surface area contributed by atoms with E-state index in [2.05, 4.69) is 10.0 Å². The van der Waals surface area contributed by atoms with Crippen LogP contribution in [0.5, 0.6) is 5.75 Å². The number of hydrogen-bond acceptors (Lipinski definition) is 11. The molecule has 7 N–H and O–H groups in total. The summed E-state index contributed by atoms with van der Waals surface area (Å²) in [4.78, 5) is 12.0. The number of amides is 1. The van der Waals surface area contributed by atoms with Crippen molar-refractivity contribution in [2.24, 2.45) is 0 Å². The second kappa shape index (κ2) is 16.3. The molecule has 2 aliphatic carbocycles. The van der Waals surface area contributed by atoms with Crippen LogP contribution in [-0.2, 0) is 31.8 Å². The summed E-state index contributed by atoms with van der Waals surface area (Å²) in [6, 6.07) is 13.7. The molecule has 50 heavy (non-hydrogen) atoms. The van der Waals surface area contributed by atoms with Crippen LogP contribution in [0.1, 0.15) is 49.7 Å². The third-order valence-electron chi connectivity index (χ3n) is 8.67. The van der Waals surface area contributed by atoms with Crippen LogP contribution in [0.15, 0.2) is 65.8 Å². The smallest absolute Gasteiger partial charge is 0.251 e. The normalized spacial score (nSPS) is 17.8. The van der Waals surface area contributed by atoms with Gasteiger partial charge in [0.2, 0.25) is 10.0 Å². The molecule has 2 aromatic carbocycles. The molecule has 0 bridgehead atoms. The molecule has 14 nitrogen and oxygen atoms in total. The number of aliphatic hydroxyl groups is 5. The van der Waals surface area contributed by atoms with Crippen molar-refractivity contribution < 1.29 is 52.9 Å². The number of ether oxygens (including phenoxy) is 2. The Bertz CT molecular complexity index is 1750.